The number of methoxy groups -OCH3 is 1. The maximum atomic E-state index is 14.2. The van der Waals surface area contributed by atoms with Gasteiger partial charge in [0, 0.05) is 29.7 Å². The molecule has 0 fully saturated rings. The van der Waals surface area contributed by atoms with Gasteiger partial charge in [0.1, 0.15) is 17.4 Å². The molecule has 1 aliphatic rings. The fraction of sp³-hybridized carbons (Fsp3) is 0.115. The molecule has 0 radical (unpaired) electrons. The van der Waals surface area contributed by atoms with E-state index in [-0.39, 0.29) is 6.54 Å². The molecule has 1 atom stereocenters. The van der Waals surface area contributed by atoms with Gasteiger partial charge in [-0.1, -0.05) is 24.3 Å². The van der Waals surface area contributed by atoms with Crippen molar-refractivity contribution in [2.75, 3.05) is 12.4 Å². The Balaban J connectivity index is 1.64. The molecule has 2 amide bonds. The summed E-state index contributed by atoms with van der Waals surface area (Å²) in [4.78, 5) is 15.2. The van der Waals surface area contributed by atoms with Crippen LogP contribution in [0.3, 0.4) is 0 Å². The maximum absolute atomic E-state index is 14.2. The summed E-state index contributed by atoms with van der Waals surface area (Å²) < 4.78 is 35.7. The van der Waals surface area contributed by atoms with E-state index in [0.29, 0.717) is 17.0 Å². The van der Waals surface area contributed by atoms with Crippen LogP contribution in [-0.4, -0.2) is 22.6 Å². The lowest BCUT2D eigenvalue weighted by Crippen LogP contribution is -2.38. The molecule has 5 rings (SSSR count). The van der Waals surface area contributed by atoms with Gasteiger partial charge in [-0.2, -0.15) is 0 Å². The Bertz CT molecular complexity index is 1310. The van der Waals surface area contributed by atoms with E-state index >= 15 is 0 Å². The number of aromatic nitrogens is 1. The molecule has 0 unspecified atom stereocenters. The number of amides is 2. The lowest BCUT2D eigenvalue weighted by molar-refractivity contribution is 0.194. The molecule has 1 aliphatic heterocycles. The molecule has 2 heterocycles. The van der Waals surface area contributed by atoms with Crippen LogP contribution >= 0.6 is 0 Å². The topological polar surface area (TPSA) is 46.5 Å². The first-order chi connectivity index (χ1) is 16.0. The second-order valence-corrected chi connectivity index (χ2v) is 7.83. The molecule has 7 heteroatoms. The van der Waals surface area contributed by atoms with Crippen molar-refractivity contribution in [2.45, 2.75) is 12.6 Å². The van der Waals surface area contributed by atoms with E-state index < -0.39 is 23.7 Å². The third-order valence-electron chi connectivity index (χ3n) is 5.75. The molecule has 1 N–H and O–H groups in total. The highest BCUT2D eigenvalue weighted by Gasteiger charge is 2.33. The quantitative estimate of drug-likeness (QED) is 0.427. The minimum atomic E-state index is -0.719. The van der Waals surface area contributed by atoms with E-state index in [4.69, 9.17) is 4.74 Å². The van der Waals surface area contributed by atoms with Crippen molar-refractivity contribution < 1.29 is 18.3 Å². The summed E-state index contributed by atoms with van der Waals surface area (Å²) in [5.74, 6) is -0.789. The van der Waals surface area contributed by atoms with Crippen molar-refractivity contribution in [3.8, 4) is 11.4 Å². The van der Waals surface area contributed by atoms with Crippen LogP contribution in [0.5, 0.6) is 5.75 Å². The Kier molecular flexibility index (Phi) is 5.30. The molecule has 4 aromatic rings. The predicted octanol–water partition coefficient (Wildman–Crippen LogP) is 5.90. The van der Waals surface area contributed by atoms with E-state index in [2.05, 4.69) is 5.32 Å². The highest BCUT2D eigenvalue weighted by Crippen LogP contribution is 2.37. The number of rotatable bonds is 3. The standard InChI is InChI=1S/C26H21F2N3O2/c1-33-22-8-4-7-21(15-22)29-26(32)31-16-17-6-2-3-9-23(17)30-11-5-10-24(30)25(31)18-12-19(27)14-20(28)13-18/h2-15,25H,16H2,1H3,(H,29,32)/t25-/m1/s1. The van der Waals surface area contributed by atoms with Gasteiger partial charge >= 0.3 is 6.03 Å². The first kappa shape index (κ1) is 20.8. The average Bonchev–Trinajstić information content (AvgIpc) is 3.22. The van der Waals surface area contributed by atoms with Crippen LogP contribution in [0.25, 0.3) is 5.69 Å². The number of anilines is 1. The molecule has 0 saturated carbocycles. The van der Waals surface area contributed by atoms with Gasteiger partial charge in [-0.3, -0.25) is 0 Å². The fourth-order valence-corrected chi connectivity index (χ4v) is 4.32. The molecule has 5 nitrogen and oxygen atoms in total. The Labute approximate surface area is 189 Å². The smallest absolute Gasteiger partial charge is 0.322 e. The highest BCUT2D eigenvalue weighted by atomic mass is 19.1. The number of fused-ring (bicyclic) bond motifs is 3. The summed E-state index contributed by atoms with van der Waals surface area (Å²) in [5, 5.41) is 2.91. The molecule has 1 aromatic heterocycles. The van der Waals surface area contributed by atoms with Crippen molar-refractivity contribution in [2.24, 2.45) is 0 Å². The summed E-state index contributed by atoms with van der Waals surface area (Å²) in [7, 11) is 1.55. The van der Waals surface area contributed by atoms with Crippen LogP contribution in [0.1, 0.15) is 22.9 Å². The average molecular weight is 445 g/mol. The maximum Gasteiger partial charge on any atom is 0.322 e. The van der Waals surface area contributed by atoms with Crippen LogP contribution in [0, 0.1) is 11.6 Å². The Hall–Kier alpha value is -4.13. The van der Waals surface area contributed by atoms with Crippen LogP contribution in [0.15, 0.2) is 85.1 Å². The number of benzene rings is 3. The third-order valence-corrected chi connectivity index (χ3v) is 5.75. The number of nitrogens with one attached hydrogen (secondary N) is 1. The third kappa shape index (κ3) is 3.93. The summed E-state index contributed by atoms with van der Waals surface area (Å²) in [5.41, 5.74) is 3.45. The molecule has 0 bridgehead atoms. The summed E-state index contributed by atoms with van der Waals surface area (Å²) in [6.07, 6.45) is 1.89. The summed E-state index contributed by atoms with van der Waals surface area (Å²) >= 11 is 0. The largest absolute Gasteiger partial charge is 0.497 e. The monoisotopic (exact) mass is 445 g/mol. The Morgan fingerprint density at radius 3 is 2.55 bits per heavy atom. The molecule has 166 valence electrons. The first-order valence-corrected chi connectivity index (χ1v) is 10.5. The molecule has 3 aromatic carbocycles. The van der Waals surface area contributed by atoms with Crippen LogP contribution in [0.4, 0.5) is 19.3 Å². The number of ether oxygens (including phenoxy) is 1. The fourth-order valence-electron chi connectivity index (χ4n) is 4.32. The zero-order valence-electron chi connectivity index (χ0n) is 17.8. The molecule has 0 saturated heterocycles. The first-order valence-electron chi connectivity index (χ1n) is 10.5. The number of nitrogens with zero attached hydrogens (tertiary/aromatic N) is 2. The van der Waals surface area contributed by atoms with Crippen LogP contribution in [-0.2, 0) is 6.54 Å². The van der Waals surface area contributed by atoms with Crippen LogP contribution in [0.2, 0.25) is 0 Å². The van der Waals surface area contributed by atoms with Gasteiger partial charge in [-0.15, -0.1) is 0 Å². The van der Waals surface area contributed by atoms with Gasteiger partial charge in [0.25, 0.3) is 0 Å². The molecule has 33 heavy (non-hydrogen) atoms. The second kappa shape index (κ2) is 8.43. The van der Waals surface area contributed by atoms with Crippen molar-refractivity contribution in [3.63, 3.8) is 0 Å². The van der Waals surface area contributed by atoms with E-state index in [9.17, 15) is 13.6 Å². The molecular weight excluding hydrogens is 424 g/mol. The Morgan fingerprint density at radius 1 is 0.970 bits per heavy atom. The highest BCUT2D eigenvalue weighted by molar-refractivity contribution is 5.90. The zero-order chi connectivity index (χ0) is 22.9. The molecule has 0 spiro atoms. The van der Waals surface area contributed by atoms with Gasteiger partial charge in [0.15, 0.2) is 0 Å². The van der Waals surface area contributed by atoms with Crippen molar-refractivity contribution in [1.82, 2.24) is 9.47 Å². The van der Waals surface area contributed by atoms with Gasteiger partial charge in [-0.05, 0) is 53.6 Å². The van der Waals surface area contributed by atoms with Crippen molar-refractivity contribution in [1.29, 1.82) is 0 Å². The minimum Gasteiger partial charge on any atom is -0.497 e. The number of halogens is 2. The van der Waals surface area contributed by atoms with Crippen molar-refractivity contribution in [3.05, 3.63) is 114 Å². The zero-order valence-corrected chi connectivity index (χ0v) is 17.8. The SMILES string of the molecule is COc1cccc(NC(=O)N2Cc3ccccc3-n3cccc3[C@H]2c2cc(F)cc(F)c2)c1. The van der Waals surface area contributed by atoms with Gasteiger partial charge < -0.3 is 19.5 Å². The van der Waals surface area contributed by atoms with E-state index in [0.717, 1.165) is 23.0 Å². The molecule has 0 aliphatic carbocycles. The number of carbonyl (C=O) groups is 1. The Morgan fingerprint density at radius 2 is 1.76 bits per heavy atom. The summed E-state index contributed by atoms with van der Waals surface area (Å²) in [6, 6.07) is 20.7. The minimum absolute atomic E-state index is 0.246. The number of urea groups is 1. The second-order valence-electron chi connectivity index (χ2n) is 7.83. The van der Waals surface area contributed by atoms with Gasteiger partial charge in [-0.25, -0.2) is 13.6 Å². The van der Waals surface area contributed by atoms with E-state index in [1.54, 1.807) is 36.3 Å². The number of para-hydroxylation sites is 1. The summed E-state index contributed by atoms with van der Waals surface area (Å²) in [6.45, 7) is 0.246. The number of hydrogen-bond acceptors (Lipinski definition) is 2. The molecular formula is C26H21F2N3O2. The van der Waals surface area contributed by atoms with E-state index in [1.165, 1.54) is 12.1 Å². The van der Waals surface area contributed by atoms with Gasteiger partial charge in [0.2, 0.25) is 0 Å². The lowest BCUT2D eigenvalue weighted by Gasteiger charge is -2.31. The van der Waals surface area contributed by atoms with Crippen molar-refractivity contribution >= 4 is 11.7 Å². The normalized spacial score (nSPS) is 14.8. The van der Waals surface area contributed by atoms with Crippen LogP contribution < -0.4 is 10.1 Å². The lowest BCUT2D eigenvalue weighted by atomic mass is 10.0. The number of hydrogen-bond donors (Lipinski definition) is 1. The number of carbonyl (C=O) groups excluding carboxylic acids is 1. The van der Waals surface area contributed by atoms with E-state index in [1.807, 2.05) is 47.2 Å². The predicted molar refractivity (Wildman–Crippen MR) is 122 cm³/mol. The van der Waals surface area contributed by atoms with Gasteiger partial charge in [0.05, 0.1) is 25.4 Å².